The second kappa shape index (κ2) is 4.59. The van der Waals surface area contributed by atoms with Gasteiger partial charge in [-0.1, -0.05) is 11.6 Å². The number of halogens is 1. The SMILES string of the molecule is O=C(c1ccc(Cl)cn1)N1CCCCO1. The lowest BCUT2D eigenvalue weighted by atomic mass is 10.2. The second-order valence-corrected chi connectivity index (χ2v) is 3.75. The molecule has 2 rings (SSSR count). The summed E-state index contributed by atoms with van der Waals surface area (Å²) in [5.41, 5.74) is 0.362. The number of hydrogen-bond donors (Lipinski definition) is 0. The molecule has 2 heterocycles. The monoisotopic (exact) mass is 226 g/mol. The summed E-state index contributed by atoms with van der Waals surface area (Å²) >= 11 is 5.68. The van der Waals surface area contributed by atoms with Crippen LogP contribution in [0.25, 0.3) is 0 Å². The van der Waals surface area contributed by atoms with Gasteiger partial charge in [-0.05, 0) is 25.0 Å². The van der Waals surface area contributed by atoms with Crippen LogP contribution in [0.2, 0.25) is 5.02 Å². The number of pyridine rings is 1. The number of carbonyl (C=O) groups is 1. The Kier molecular flexibility index (Phi) is 3.18. The lowest BCUT2D eigenvalue weighted by molar-refractivity contribution is -0.144. The highest BCUT2D eigenvalue weighted by Crippen LogP contribution is 2.12. The Morgan fingerprint density at radius 1 is 1.47 bits per heavy atom. The van der Waals surface area contributed by atoms with E-state index < -0.39 is 0 Å². The van der Waals surface area contributed by atoms with Crippen LogP contribution in [0, 0.1) is 0 Å². The van der Waals surface area contributed by atoms with E-state index in [2.05, 4.69) is 4.98 Å². The Balaban J connectivity index is 2.09. The topological polar surface area (TPSA) is 42.4 Å². The molecule has 1 aromatic rings. The van der Waals surface area contributed by atoms with Crippen molar-refractivity contribution in [3.05, 3.63) is 29.0 Å². The van der Waals surface area contributed by atoms with Crippen molar-refractivity contribution < 1.29 is 9.63 Å². The summed E-state index contributed by atoms with van der Waals surface area (Å²) in [6.45, 7) is 1.22. The van der Waals surface area contributed by atoms with Gasteiger partial charge in [0.15, 0.2) is 0 Å². The van der Waals surface area contributed by atoms with Gasteiger partial charge in [0.1, 0.15) is 5.69 Å². The fraction of sp³-hybridized carbons (Fsp3) is 0.400. The molecule has 0 unspecified atom stereocenters. The summed E-state index contributed by atoms with van der Waals surface area (Å²) in [6, 6.07) is 3.24. The maximum absolute atomic E-state index is 11.8. The number of hydroxylamine groups is 2. The van der Waals surface area contributed by atoms with E-state index in [1.807, 2.05) is 0 Å². The normalized spacial score (nSPS) is 16.5. The third kappa shape index (κ3) is 2.46. The van der Waals surface area contributed by atoms with Crippen molar-refractivity contribution in [1.29, 1.82) is 0 Å². The molecule has 1 aromatic heterocycles. The van der Waals surface area contributed by atoms with Crippen LogP contribution in [0.5, 0.6) is 0 Å². The minimum Gasteiger partial charge on any atom is -0.271 e. The molecular weight excluding hydrogens is 216 g/mol. The Bertz CT molecular complexity index is 347. The molecule has 1 aliphatic heterocycles. The van der Waals surface area contributed by atoms with Gasteiger partial charge < -0.3 is 0 Å². The number of hydrogen-bond acceptors (Lipinski definition) is 3. The Morgan fingerprint density at radius 3 is 2.93 bits per heavy atom. The predicted molar refractivity (Wildman–Crippen MR) is 55.5 cm³/mol. The molecule has 1 saturated heterocycles. The van der Waals surface area contributed by atoms with Crippen LogP contribution in [-0.2, 0) is 4.84 Å². The molecule has 15 heavy (non-hydrogen) atoms. The third-order valence-corrected chi connectivity index (χ3v) is 2.40. The average Bonchev–Trinajstić information content (AvgIpc) is 2.30. The van der Waals surface area contributed by atoms with Crippen molar-refractivity contribution in [1.82, 2.24) is 10.0 Å². The minimum absolute atomic E-state index is 0.202. The number of carbonyl (C=O) groups excluding carboxylic acids is 1. The van der Waals surface area contributed by atoms with E-state index in [1.54, 1.807) is 12.1 Å². The summed E-state index contributed by atoms with van der Waals surface area (Å²) in [5.74, 6) is -0.202. The molecule has 0 atom stereocenters. The van der Waals surface area contributed by atoms with Crippen LogP contribution in [0.4, 0.5) is 0 Å². The largest absolute Gasteiger partial charge is 0.295 e. The van der Waals surface area contributed by atoms with Crippen LogP contribution in [0.3, 0.4) is 0 Å². The molecule has 80 valence electrons. The first kappa shape index (κ1) is 10.4. The zero-order chi connectivity index (χ0) is 10.7. The molecule has 1 fully saturated rings. The number of amides is 1. The summed E-state index contributed by atoms with van der Waals surface area (Å²) < 4.78 is 0. The van der Waals surface area contributed by atoms with Crippen LogP contribution >= 0.6 is 11.6 Å². The van der Waals surface area contributed by atoms with Crippen LogP contribution < -0.4 is 0 Å². The summed E-state index contributed by atoms with van der Waals surface area (Å²) in [6.07, 6.45) is 3.43. The smallest absolute Gasteiger partial charge is 0.271 e. The second-order valence-electron chi connectivity index (χ2n) is 3.31. The fourth-order valence-corrected chi connectivity index (χ4v) is 1.50. The lowest BCUT2D eigenvalue weighted by Gasteiger charge is -2.25. The predicted octanol–water partition coefficient (Wildman–Crippen LogP) is 1.90. The standard InChI is InChI=1S/C10H11ClN2O2/c11-8-3-4-9(12-7-8)10(14)13-5-1-2-6-15-13/h3-4,7H,1-2,5-6H2. The summed E-state index contributed by atoms with van der Waals surface area (Å²) in [7, 11) is 0. The van der Waals surface area contributed by atoms with E-state index in [4.69, 9.17) is 16.4 Å². The van der Waals surface area contributed by atoms with E-state index >= 15 is 0 Å². The highest BCUT2D eigenvalue weighted by atomic mass is 35.5. The van der Waals surface area contributed by atoms with Crippen LogP contribution in [0.15, 0.2) is 18.3 Å². The summed E-state index contributed by atoms with van der Waals surface area (Å²) in [4.78, 5) is 21.0. The first-order valence-electron chi connectivity index (χ1n) is 4.84. The van der Waals surface area contributed by atoms with Gasteiger partial charge in [-0.3, -0.25) is 9.63 Å². The maximum Gasteiger partial charge on any atom is 0.295 e. The Hall–Kier alpha value is -1.13. The zero-order valence-electron chi connectivity index (χ0n) is 8.15. The Morgan fingerprint density at radius 2 is 2.33 bits per heavy atom. The molecule has 1 amide bonds. The molecule has 0 N–H and O–H groups in total. The first-order chi connectivity index (χ1) is 7.27. The van der Waals surface area contributed by atoms with Crippen LogP contribution in [0.1, 0.15) is 23.3 Å². The number of aromatic nitrogens is 1. The molecule has 0 bridgehead atoms. The number of nitrogens with zero attached hydrogens (tertiary/aromatic N) is 2. The van der Waals surface area contributed by atoms with Crippen molar-refractivity contribution in [2.45, 2.75) is 12.8 Å². The molecule has 0 aromatic carbocycles. The van der Waals surface area contributed by atoms with Crippen molar-refractivity contribution in [2.24, 2.45) is 0 Å². The van der Waals surface area contributed by atoms with Crippen molar-refractivity contribution in [3.63, 3.8) is 0 Å². The van der Waals surface area contributed by atoms with E-state index in [9.17, 15) is 4.79 Å². The Labute approximate surface area is 92.8 Å². The molecule has 0 radical (unpaired) electrons. The molecule has 5 heteroatoms. The van der Waals surface area contributed by atoms with Crippen LogP contribution in [-0.4, -0.2) is 29.1 Å². The van der Waals surface area contributed by atoms with Gasteiger partial charge in [0.2, 0.25) is 0 Å². The van der Waals surface area contributed by atoms with Gasteiger partial charge >= 0.3 is 0 Å². The van der Waals surface area contributed by atoms with Crippen molar-refractivity contribution >= 4 is 17.5 Å². The fourth-order valence-electron chi connectivity index (χ4n) is 1.39. The molecule has 0 saturated carbocycles. The van der Waals surface area contributed by atoms with Gasteiger partial charge in [0.05, 0.1) is 11.6 Å². The molecule has 1 aliphatic rings. The molecular formula is C10H11ClN2O2. The van der Waals surface area contributed by atoms with Gasteiger partial charge in [-0.15, -0.1) is 0 Å². The maximum atomic E-state index is 11.8. The highest BCUT2D eigenvalue weighted by molar-refractivity contribution is 6.30. The minimum atomic E-state index is -0.202. The van der Waals surface area contributed by atoms with E-state index in [0.717, 1.165) is 12.8 Å². The molecule has 0 spiro atoms. The van der Waals surface area contributed by atoms with Crippen molar-refractivity contribution in [3.8, 4) is 0 Å². The van der Waals surface area contributed by atoms with E-state index in [-0.39, 0.29) is 5.91 Å². The van der Waals surface area contributed by atoms with E-state index in [0.29, 0.717) is 23.9 Å². The summed E-state index contributed by atoms with van der Waals surface area (Å²) in [5, 5.41) is 1.88. The quantitative estimate of drug-likeness (QED) is 0.735. The van der Waals surface area contributed by atoms with Gasteiger partial charge in [-0.25, -0.2) is 10.0 Å². The molecule has 0 aliphatic carbocycles. The third-order valence-electron chi connectivity index (χ3n) is 2.18. The zero-order valence-corrected chi connectivity index (χ0v) is 8.91. The lowest BCUT2D eigenvalue weighted by Crippen LogP contribution is -2.36. The molecule has 4 nitrogen and oxygen atoms in total. The van der Waals surface area contributed by atoms with Gasteiger partial charge in [0.25, 0.3) is 5.91 Å². The first-order valence-corrected chi connectivity index (χ1v) is 5.21. The van der Waals surface area contributed by atoms with Gasteiger partial charge in [0, 0.05) is 12.7 Å². The highest BCUT2D eigenvalue weighted by Gasteiger charge is 2.20. The van der Waals surface area contributed by atoms with E-state index in [1.165, 1.54) is 11.3 Å². The van der Waals surface area contributed by atoms with Gasteiger partial charge in [-0.2, -0.15) is 0 Å². The van der Waals surface area contributed by atoms with Crippen molar-refractivity contribution in [2.75, 3.05) is 13.2 Å². The average molecular weight is 227 g/mol. The number of rotatable bonds is 1.